The maximum absolute atomic E-state index is 3.55. The normalized spacial score (nSPS) is 9.92. The molecule has 0 aliphatic heterocycles. The third kappa shape index (κ3) is 2.36. The van der Waals surface area contributed by atoms with E-state index in [-0.39, 0.29) is 0 Å². The summed E-state index contributed by atoms with van der Waals surface area (Å²) >= 11 is 7.03. The third-order valence-electron chi connectivity index (χ3n) is 1.77. The molecule has 1 radical (unpaired) electrons. The van der Waals surface area contributed by atoms with Gasteiger partial charge in [0.15, 0.2) is 0 Å². The quantitative estimate of drug-likeness (QED) is 0.589. The highest BCUT2D eigenvalue weighted by Gasteiger charge is 2.03. The molecular formula is C9H10BBr2. The van der Waals surface area contributed by atoms with E-state index in [1.54, 1.807) is 0 Å². The first-order chi connectivity index (χ1) is 5.79. The van der Waals surface area contributed by atoms with E-state index in [0.29, 0.717) is 0 Å². The molecule has 1 aromatic rings. The first-order valence-corrected chi connectivity index (χ1v) is 5.81. The van der Waals surface area contributed by atoms with Gasteiger partial charge in [-0.15, -0.1) is 0 Å². The SMILES string of the molecule is C[B]Cc1c(Br)cccc1CBr. The molecule has 0 fully saturated rings. The van der Waals surface area contributed by atoms with Crippen molar-refractivity contribution in [3.05, 3.63) is 33.8 Å². The molecule has 0 N–H and O–H groups in total. The lowest BCUT2D eigenvalue weighted by atomic mass is 9.74. The third-order valence-corrected chi connectivity index (χ3v) is 3.12. The van der Waals surface area contributed by atoms with Crippen LogP contribution in [0.3, 0.4) is 0 Å². The first kappa shape index (κ1) is 10.3. The van der Waals surface area contributed by atoms with E-state index in [4.69, 9.17) is 0 Å². The van der Waals surface area contributed by atoms with Gasteiger partial charge in [-0.05, 0) is 17.2 Å². The summed E-state index contributed by atoms with van der Waals surface area (Å²) in [6.45, 7) is 2.08. The Hall–Kier alpha value is 0.245. The van der Waals surface area contributed by atoms with Gasteiger partial charge in [0.2, 0.25) is 0 Å². The number of benzene rings is 1. The summed E-state index contributed by atoms with van der Waals surface area (Å²) in [4.78, 5) is 0. The van der Waals surface area contributed by atoms with Crippen molar-refractivity contribution < 1.29 is 0 Å². The molecular weight excluding hydrogens is 279 g/mol. The maximum Gasteiger partial charge on any atom is 0.111 e. The molecule has 0 aliphatic carbocycles. The lowest BCUT2D eigenvalue weighted by molar-refractivity contribution is 1.25. The van der Waals surface area contributed by atoms with Crippen molar-refractivity contribution in [3.8, 4) is 0 Å². The summed E-state index contributed by atoms with van der Waals surface area (Å²) < 4.78 is 1.21. The number of hydrogen-bond acceptors (Lipinski definition) is 0. The molecule has 1 rings (SSSR count). The van der Waals surface area contributed by atoms with Crippen molar-refractivity contribution in [2.75, 3.05) is 0 Å². The molecule has 0 unspecified atom stereocenters. The van der Waals surface area contributed by atoms with E-state index < -0.39 is 0 Å². The zero-order chi connectivity index (χ0) is 8.97. The molecule has 12 heavy (non-hydrogen) atoms. The van der Waals surface area contributed by atoms with Gasteiger partial charge in [-0.25, -0.2) is 0 Å². The van der Waals surface area contributed by atoms with Crippen LogP contribution in [0.15, 0.2) is 22.7 Å². The van der Waals surface area contributed by atoms with Gasteiger partial charge in [0.25, 0.3) is 0 Å². The number of hydrogen-bond donors (Lipinski definition) is 0. The molecule has 0 heterocycles. The molecule has 1 aromatic carbocycles. The summed E-state index contributed by atoms with van der Waals surface area (Å²) in [5.74, 6) is 0. The number of rotatable bonds is 3. The van der Waals surface area contributed by atoms with E-state index >= 15 is 0 Å². The molecule has 63 valence electrons. The molecule has 0 atom stereocenters. The maximum atomic E-state index is 3.55. The summed E-state index contributed by atoms with van der Waals surface area (Å²) in [5, 5.41) is 0.926. The van der Waals surface area contributed by atoms with E-state index in [1.165, 1.54) is 15.6 Å². The van der Waals surface area contributed by atoms with E-state index in [0.717, 1.165) is 11.7 Å². The van der Waals surface area contributed by atoms with E-state index in [9.17, 15) is 0 Å². The van der Waals surface area contributed by atoms with Gasteiger partial charge in [0.05, 0.1) is 0 Å². The van der Waals surface area contributed by atoms with E-state index in [2.05, 4.69) is 64.2 Å². The Bertz CT molecular complexity index is 261. The monoisotopic (exact) mass is 287 g/mol. The van der Waals surface area contributed by atoms with Gasteiger partial charge in [0, 0.05) is 9.80 Å². The molecule has 3 heteroatoms. The molecule has 0 amide bonds. The molecule has 0 bridgehead atoms. The Morgan fingerprint density at radius 3 is 2.75 bits per heavy atom. The fraction of sp³-hybridized carbons (Fsp3) is 0.333. The summed E-state index contributed by atoms with van der Waals surface area (Å²) in [5.41, 5.74) is 2.75. The zero-order valence-corrected chi connectivity index (χ0v) is 10.2. The van der Waals surface area contributed by atoms with Crippen LogP contribution < -0.4 is 0 Å². The Morgan fingerprint density at radius 2 is 2.17 bits per heavy atom. The van der Waals surface area contributed by atoms with Crippen LogP contribution in [-0.4, -0.2) is 7.28 Å². The van der Waals surface area contributed by atoms with Crippen LogP contribution in [0.1, 0.15) is 11.1 Å². The van der Waals surface area contributed by atoms with Gasteiger partial charge < -0.3 is 0 Å². The first-order valence-electron chi connectivity index (χ1n) is 3.89. The minimum absolute atomic E-state index is 0.926. The van der Waals surface area contributed by atoms with Crippen LogP contribution in [0.5, 0.6) is 0 Å². The number of alkyl halides is 1. The average molecular weight is 289 g/mol. The van der Waals surface area contributed by atoms with Crippen molar-refractivity contribution in [1.82, 2.24) is 0 Å². The lowest BCUT2D eigenvalue weighted by Gasteiger charge is -2.07. The Labute approximate surface area is 91.2 Å². The Kier molecular flexibility index (Phi) is 4.37. The van der Waals surface area contributed by atoms with Crippen LogP contribution >= 0.6 is 31.9 Å². The molecule has 0 nitrogen and oxygen atoms in total. The van der Waals surface area contributed by atoms with Crippen LogP contribution in [0.2, 0.25) is 6.82 Å². The van der Waals surface area contributed by atoms with Crippen LogP contribution in [0.25, 0.3) is 0 Å². The van der Waals surface area contributed by atoms with Gasteiger partial charge in [0.1, 0.15) is 7.28 Å². The Morgan fingerprint density at radius 1 is 1.42 bits per heavy atom. The van der Waals surface area contributed by atoms with Crippen molar-refractivity contribution in [2.45, 2.75) is 18.5 Å². The fourth-order valence-corrected chi connectivity index (χ4v) is 2.26. The summed E-state index contributed by atoms with van der Waals surface area (Å²) in [6.07, 6.45) is 1.03. The van der Waals surface area contributed by atoms with Crippen molar-refractivity contribution in [3.63, 3.8) is 0 Å². The lowest BCUT2D eigenvalue weighted by Crippen LogP contribution is -1.97. The predicted octanol–water partition coefficient (Wildman–Crippen LogP) is 3.60. The van der Waals surface area contributed by atoms with Crippen LogP contribution in [-0.2, 0) is 11.7 Å². The van der Waals surface area contributed by atoms with Gasteiger partial charge in [-0.1, -0.05) is 57.1 Å². The molecule has 0 saturated carbocycles. The number of halogens is 2. The van der Waals surface area contributed by atoms with Crippen molar-refractivity contribution >= 4 is 39.1 Å². The highest BCUT2D eigenvalue weighted by atomic mass is 79.9. The van der Waals surface area contributed by atoms with Crippen LogP contribution in [0, 0.1) is 0 Å². The van der Waals surface area contributed by atoms with Crippen LogP contribution in [0.4, 0.5) is 0 Å². The van der Waals surface area contributed by atoms with Crippen molar-refractivity contribution in [2.24, 2.45) is 0 Å². The molecule has 0 spiro atoms. The van der Waals surface area contributed by atoms with Crippen molar-refractivity contribution in [1.29, 1.82) is 0 Å². The predicted molar refractivity (Wildman–Crippen MR) is 62.1 cm³/mol. The highest BCUT2D eigenvalue weighted by molar-refractivity contribution is 9.10. The molecule has 0 aromatic heterocycles. The van der Waals surface area contributed by atoms with Gasteiger partial charge >= 0.3 is 0 Å². The second kappa shape index (κ2) is 5.08. The Balaban J connectivity index is 3.02. The van der Waals surface area contributed by atoms with Gasteiger partial charge in [-0.2, -0.15) is 0 Å². The molecule has 0 saturated heterocycles. The summed E-state index contributed by atoms with van der Waals surface area (Å²) in [7, 11) is 2.17. The molecule has 0 aliphatic rings. The summed E-state index contributed by atoms with van der Waals surface area (Å²) in [6, 6.07) is 6.31. The fourth-order valence-electron chi connectivity index (χ4n) is 1.16. The zero-order valence-electron chi connectivity index (χ0n) is 6.98. The average Bonchev–Trinajstić information content (AvgIpc) is 2.09. The second-order valence-electron chi connectivity index (χ2n) is 2.62. The van der Waals surface area contributed by atoms with E-state index in [1.807, 2.05) is 0 Å². The topological polar surface area (TPSA) is 0 Å². The van der Waals surface area contributed by atoms with Gasteiger partial charge in [-0.3, -0.25) is 0 Å². The minimum atomic E-state index is 0.926. The highest BCUT2D eigenvalue weighted by Crippen LogP contribution is 2.22. The smallest absolute Gasteiger partial charge is 0.0917 e. The second-order valence-corrected chi connectivity index (χ2v) is 4.04. The standard InChI is InChI=1S/C9H10BBr2/c1-10-5-8-7(6-11)3-2-4-9(8)12/h2-4H,5-6H2,1H3. The largest absolute Gasteiger partial charge is 0.111 e. The minimum Gasteiger partial charge on any atom is -0.0917 e.